The average Bonchev–Trinajstić information content (AvgIpc) is 2.95. The lowest BCUT2D eigenvalue weighted by molar-refractivity contribution is 0.665. The second-order valence-corrected chi connectivity index (χ2v) is 6.00. The van der Waals surface area contributed by atoms with Gasteiger partial charge in [0.2, 0.25) is 0 Å². The highest BCUT2D eigenvalue weighted by Crippen LogP contribution is 2.22. The molecule has 1 unspecified atom stereocenters. The molecule has 3 aromatic rings. The third kappa shape index (κ3) is 2.69. The predicted molar refractivity (Wildman–Crippen MR) is 80.5 cm³/mol. The Morgan fingerprint density at radius 2 is 2.11 bits per heavy atom. The first-order valence-corrected chi connectivity index (χ1v) is 7.28. The lowest BCUT2D eigenvalue weighted by atomic mass is 10.2. The molecule has 0 saturated heterocycles. The van der Waals surface area contributed by atoms with Crippen LogP contribution in [0.2, 0.25) is 0 Å². The third-order valence-corrected chi connectivity index (χ3v) is 4.12. The van der Waals surface area contributed by atoms with Crippen molar-refractivity contribution in [2.45, 2.75) is 25.9 Å². The summed E-state index contributed by atoms with van der Waals surface area (Å²) in [5.41, 5.74) is 8.24. The molecule has 0 fully saturated rings. The monoisotopic (exact) mass is 271 g/mol. The summed E-state index contributed by atoms with van der Waals surface area (Å²) in [6.45, 7) is 2.86. The highest BCUT2D eigenvalue weighted by molar-refractivity contribution is 7.18. The van der Waals surface area contributed by atoms with E-state index in [1.165, 1.54) is 10.4 Å². The van der Waals surface area contributed by atoms with Crippen molar-refractivity contribution in [3.8, 4) is 0 Å². The van der Waals surface area contributed by atoms with E-state index in [9.17, 15) is 0 Å². The average molecular weight is 271 g/mol. The van der Waals surface area contributed by atoms with Crippen molar-refractivity contribution >= 4 is 21.6 Å². The number of aromatic nitrogens is 2. The van der Waals surface area contributed by atoms with Crippen LogP contribution in [0.4, 0.5) is 0 Å². The number of hydrogen-bond donors (Lipinski definition) is 1. The van der Waals surface area contributed by atoms with Gasteiger partial charge < -0.3 is 10.3 Å². The van der Waals surface area contributed by atoms with Crippen molar-refractivity contribution in [1.29, 1.82) is 0 Å². The Morgan fingerprint density at radius 1 is 1.26 bits per heavy atom. The summed E-state index contributed by atoms with van der Waals surface area (Å²) >= 11 is 1.76. The highest BCUT2D eigenvalue weighted by atomic mass is 32.1. The first-order chi connectivity index (χ1) is 9.22. The number of nitrogens with two attached hydrogens (primary N) is 1. The first kappa shape index (κ1) is 12.4. The van der Waals surface area contributed by atoms with Crippen molar-refractivity contribution < 1.29 is 0 Å². The molecule has 0 spiro atoms. The van der Waals surface area contributed by atoms with Gasteiger partial charge in [-0.3, -0.25) is 0 Å². The predicted octanol–water partition coefficient (Wildman–Crippen LogP) is 3.04. The van der Waals surface area contributed by atoms with Crippen LogP contribution in [0.5, 0.6) is 0 Å². The maximum Gasteiger partial charge on any atom is 0.114 e. The van der Waals surface area contributed by atoms with Gasteiger partial charge in [-0.25, -0.2) is 4.98 Å². The van der Waals surface area contributed by atoms with E-state index in [-0.39, 0.29) is 6.04 Å². The van der Waals surface area contributed by atoms with Gasteiger partial charge >= 0.3 is 0 Å². The molecule has 0 aliphatic rings. The molecule has 0 aliphatic heterocycles. The molecule has 2 heterocycles. The van der Waals surface area contributed by atoms with Gasteiger partial charge in [0.25, 0.3) is 0 Å². The number of rotatable bonds is 4. The molecule has 1 aromatic carbocycles. The van der Waals surface area contributed by atoms with E-state index in [2.05, 4.69) is 46.1 Å². The number of nitrogens with zero attached hydrogens (tertiary/aromatic N) is 2. The molecule has 0 amide bonds. The van der Waals surface area contributed by atoms with Crippen molar-refractivity contribution in [3.63, 3.8) is 0 Å². The molecule has 0 bridgehead atoms. The number of benzene rings is 1. The van der Waals surface area contributed by atoms with E-state index in [1.54, 1.807) is 11.3 Å². The Bertz CT molecular complexity index is 648. The van der Waals surface area contributed by atoms with Crippen molar-refractivity contribution in [1.82, 2.24) is 9.55 Å². The fourth-order valence-electron chi connectivity index (χ4n) is 2.25. The second kappa shape index (κ2) is 5.15. The van der Waals surface area contributed by atoms with E-state index >= 15 is 0 Å². The summed E-state index contributed by atoms with van der Waals surface area (Å²) in [7, 11) is 0. The molecule has 1 atom stereocenters. The van der Waals surface area contributed by atoms with Crippen LogP contribution in [0.1, 0.15) is 17.6 Å². The summed E-state index contributed by atoms with van der Waals surface area (Å²) in [5.74, 6) is 0. The summed E-state index contributed by atoms with van der Waals surface area (Å²) in [4.78, 5) is 4.67. The summed E-state index contributed by atoms with van der Waals surface area (Å²) in [6, 6.07) is 12.7. The number of para-hydroxylation sites is 1. The molecular weight excluding hydrogens is 254 g/mol. The van der Waals surface area contributed by atoms with Crippen LogP contribution in [-0.4, -0.2) is 15.6 Å². The van der Waals surface area contributed by atoms with Gasteiger partial charge in [-0.15, -0.1) is 11.3 Å². The minimum Gasteiger partial charge on any atom is -0.345 e. The van der Waals surface area contributed by atoms with Crippen molar-refractivity contribution in [3.05, 3.63) is 53.3 Å². The molecular formula is C15H17N3S. The molecule has 0 aliphatic carbocycles. The highest BCUT2D eigenvalue weighted by Gasteiger charge is 2.07. The van der Waals surface area contributed by atoms with Gasteiger partial charge in [-0.1, -0.05) is 12.1 Å². The van der Waals surface area contributed by atoms with Gasteiger partial charge in [0.15, 0.2) is 0 Å². The third-order valence-electron chi connectivity index (χ3n) is 3.10. The fourth-order valence-corrected chi connectivity index (χ4v) is 3.22. The van der Waals surface area contributed by atoms with E-state index in [0.717, 1.165) is 23.5 Å². The minimum absolute atomic E-state index is 0.184. The molecule has 2 N–H and O–H groups in total. The van der Waals surface area contributed by atoms with Crippen LogP contribution in [0, 0.1) is 0 Å². The number of fused-ring (bicyclic) bond motifs is 1. The van der Waals surface area contributed by atoms with Crippen LogP contribution in [-0.2, 0) is 13.0 Å². The van der Waals surface area contributed by atoms with Crippen LogP contribution >= 0.6 is 11.3 Å². The maximum atomic E-state index is 5.88. The standard InChI is InChI=1S/C15H17N3S/c1-11(16)9-12-5-4-8-18(12)10-15-17-13-6-2-3-7-14(13)19-15/h2-8,11H,9-10,16H2,1H3. The van der Waals surface area contributed by atoms with E-state index in [1.807, 2.05) is 13.0 Å². The minimum atomic E-state index is 0.184. The van der Waals surface area contributed by atoms with Gasteiger partial charge in [0.1, 0.15) is 5.01 Å². The largest absolute Gasteiger partial charge is 0.345 e. The molecule has 3 nitrogen and oxygen atoms in total. The Morgan fingerprint density at radius 3 is 2.89 bits per heavy atom. The quantitative estimate of drug-likeness (QED) is 0.792. The molecule has 2 aromatic heterocycles. The van der Waals surface area contributed by atoms with E-state index in [0.29, 0.717) is 0 Å². The van der Waals surface area contributed by atoms with Gasteiger partial charge in [-0.05, 0) is 31.2 Å². The summed E-state index contributed by atoms with van der Waals surface area (Å²) < 4.78 is 3.49. The normalized spacial score (nSPS) is 12.9. The summed E-state index contributed by atoms with van der Waals surface area (Å²) in [6.07, 6.45) is 3.00. The molecule has 3 rings (SSSR count). The van der Waals surface area contributed by atoms with Gasteiger partial charge in [0, 0.05) is 24.4 Å². The maximum absolute atomic E-state index is 5.88. The zero-order valence-corrected chi connectivity index (χ0v) is 11.7. The second-order valence-electron chi connectivity index (χ2n) is 4.88. The SMILES string of the molecule is CC(N)Cc1cccn1Cc1nc2ccccc2s1. The lowest BCUT2D eigenvalue weighted by Crippen LogP contribution is -2.20. The Labute approximate surface area is 116 Å². The molecule has 98 valence electrons. The fraction of sp³-hybridized carbons (Fsp3) is 0.267. The Balaban J connectivity index is 1.86. The zero-order chi connectivity index (χ0) is 13.2. The van der Waals surface area contributed by atoms with Crippen LogP contribution in [0.3, 0.4) is 0 Å². The van der Waals surface area contributed by atoms with Gasteiger partial charge in [-0.2, -0.15) is 0 Å². The van der Waals surface area contributed by atoms with Crippen LogP contribution in [0.25, 0.3) is 10.2 Å². The smallest absolute Gasteiger partial charge is 0.114 e. The van der Waals surface area contributed by atoms with Crippen molar-refractivity contribution in [2.24, 2.45) is 5.73 Å². The van der Waals surface area contributed by atoms with Crippen molar-refractivity contribution in [2.75, 3.05) is 0 Å². The van der Waals surface area contributed by atoms with Crippen LogP contribution < -0.4 is 5.73 Å². The van der Waals surface area contributed by atoms with Crippen LogP contribution in [0.15, 0.2) is 42.6 Å². The van der Waals surface area contributed by atoms with Gasteiger partial charge in [0.05, 0.1) is 16.8 Å². The zero-order valence-electron chi connectivity index (χ0n) is 10.9. The Hall–Kier alpha value is -1.65. The molecule has 0 radical (unpaired) electrons. The first-order valence-electron chi connectivity index (χ1n) is 6.46. The summed E-state index contributed by atoms with van der Waals surface area (Å²) in [5, 5.41) is 1.14. The molecule has 0 saturated carbocycles. The topological polar surface area (TPSA) is 43.8 Å². The number of thiazole rings is 1. The molecule has 19 heavy (non-hydrogen) atoms. The Kier molecular flexibility index (Phi) is 3.36. The van der Waals surface area contributed by atoms with E-state index < -0.39 is 0 Å². The van der Waals surface area contributed by atoms with E-state index in [4.69, 9.17) is 5.73 Å². The lowest BCUT2D eigenvalue weighted by Gasteiger charge is -2.09. The molecule has 4 heteroatoms. The number of hydrogen-bond acceptors (Lipinski definition) is 3.